The van der Waals surface area contributed by atoms with Crippen LogP contribution in [-0.4, -0.2) is 32.4 Å². The van der Waals surface area contributed by atoms with Crippen LogP contribution in [0.15, 0.2) is 10.2 Å². The Balaban J connectivity index is 3.20. The van der Waals surface area contributed by atoms with Crippen LogP contribution in [0.25, 0.3) is 0 Å². The Hall–Kier alpha value is -0.860. The van der Waals surface area contributed by atoms with Crippen LogP contribution in [0, 0.1) is 10.1 Å². The summed E-state index contributed by atoms with van der Waals surface area (Å²) in [7, 11) is 0. The zero-order valence-corrected chi connectivity index (χ0v) is 14.5. The highest BCUT2D eigenvalue weighted by Gasteiger charge is 2.25. The lowest BCUT2D eigenvalue weighted by Crippen LogP contribution is -2.20. The maximum atomic E-state index is 11.4. The highest BCUT2D eigenvalue weighted by molar-refractivity contribution is 8.00. The van der Waals surface area contributed by atoms with Crippen LogP contribution < -0.4 is 5.73 Å². The van der Waals surface area contributed by atoms with E-state index in [0.29, 0.717) is 28.7 Å². The molecule has 0 aromatic carbocycles. The Morgan fingerprint density at radius 2 is 2.05 bits per heavy atom. The molecule has 0 aliphatic heterocycles. The van der Waals surface area contributed by atoms with Crippen molar-refractivity contribution in [3.05, 3.63) is 15.8 Å². The van der Waals surface area contributed by atoms with Crippen molar-refractivity contribution in [2.75, 3.05) is 6.26 Å². The largest absolute Gasteiger partial charge is 0.328 e. The highest BCUT2D eigenvalue weighted by atomic mass is 32.2. The normalized spacial score (nSPS) is 12.7. The van der Waals surface area contributed by atoms with Gasteiger partial charge in [-0.05, 0) is 25.5 Å². The first kappa shape index (κ1) is 18.2. The minimum Gasteiger partial charge on any atom is -0.328 e. The van der Waals surface area contributed by atoms with E-state index in [-0.39, 0.29) is 21.9 Å². The van der Waals surface area contributed by atoms with Crippen molar-refractivity contribution in [1.29, 1.82) is 0 Å². The Morgan fingerprint density at radius 1 is 1.38 bits per heavy atom. The van der Waals surface area contributed by atoms with Gasteiger partial charge in [0, 0.05) is 11.3 Å². The minimum atomic E-state index is -0.373. The summed E-state index contributed by atoms with van der Waals surface area (Å²) >= 11 is 2.79. The Morgan fingerprint density at radius 3 is 2.52 bits per heavy atom. The van der Waals surface area contributed by atoms with Crippen LogP contribution in [0.3, 0.4) is 0 Å². The lowest BCUT2D eigenvalue weighted by molar-refractivity contribution is -0.389. The lowest BCUT2D eigenvalue weighted by atomic mass is 10.1. The number of rotatable bonds is 8. The van der Waals surface area contributed by atoms with E-state index in [2.05, 4.69) is 9.97 Å². The van der Waals surface area contributed by atoms with Gasteiger partial charge in [-0.3, -0.25) is 10.1 Å². The molecule has 0 radical (unpaired) electrons. The van der Waals surface area contributed by atoms with E-state index in [0.717, 1.165) is 6.42 Å². The second-order valence-corrected chi connectivity index (χ2v) is 7.28. The molecule has 1 heterocycles. The fraction of sp³-hybridized carbons (Fsp3) is 0.692. The number of hydrogen-bond acceptors (Lipinski definition) is 7. The number of hydrogen-bond donors (Lipinski definition) is 1. The van der Waals surface area contributed by atoms with Crippen molar-refractivity contribution in [1.82, 2.24) is 9.97 Å². The third-order valence-electron chi connectivity index (χ3n) is 2.89. The van der Waals surface area contributed by atoms with Gasteiger partial charge in [0.25, 0.3) is 0 Å². The molecule has 0 aliphatic carbocycles. The van der Waals surface area contributed by atoms with Gasteiger partial charge in [-0.1, -0.05) is 44.3 Å². The summed E-state index contributed by atoms with van der Waals surface area (Å²) in [4.78, 5) is 19.7. The molecule has 1 aromatic heterocycles. The van der Waals surface area contributed by atoms with Crippen LogP contribution in [0.2, 0.25) is 0 Å². The zero-order chi connectivity index (χ0) is 16.0. The molecule has 1 rings (SSSR count). The third kappa shape index (κ3) is 5.44. The molecule has 2 N–H and O–H groups in total. The minimum absolute atomic E-state index is 0.0369. The smallest absolute Gasteiger partial charge is 0.322 e. The summed E-state index contributed by atoms with van der Waals surface area (Å²) in [6.45, 7) is 5.98. The van der Waals surface area contributed by atoms with Gasteiger partial charge in [0.2, 0.25) is 0 Å². The van der Waals surface area contributed by atoms with E-state index in [9.17, 15) is 10.1 Å². The molecule has 8 heteroatoms. The molecule has 0 saturated carbocycles. The van der Waals surface area contributed by atoms with Crippen molar-refractivity contribution in [2.24, 2.45) is 5.73 Å². The Kier molecular flexibility index (Phi) is 7.41. The standard InChI is InChI=1S/C13H22N4O2S2/c1-5-9(14)6-7-10-11(17(18)19)12(21-8(2)3)16-13(15-10)20-4/h8-9H,5-7,14H2,1-4H3. The first-order valence-corrected chi connectivity index (χ1v) is 9.00. The van der Waals surface area contributed by atoms with Crippen LogP contribution in [0.1, 0.15) is 39.3 Å². The fourth-order valence-electron chi connectivity index (χ4n) is 1.74. The number of nitro groups is 1. The van der Waals surface area contributed by atoms with Crippen molar-refractivity contribution in [2.45, 2.75) is 61.5 Å². The first-order valence-electron chi connectivity index (χ1n) is 6.90. The second-order valence-electron chi connectivity index (χ2n) is 4.94. The Bertz CT molecular complexity index is 497. The molecule has 0 amide bonds. The quantitative estimate of drug-likeness (QED) is 0.257. The number of nitrogens with zero attached hydrogens (tertiary/aromatic N) is 3. The molecule has 0 saturated heterocycles. The van der Waals surface area contributed by atoms with Crippen molar-refractivity contribution in [3.63, 3.8) is 0 Å². The summed E-state index contributed by atoms with van der Waals surface area (Å²) in [5.74, 6) is 0. The number of aryl methyl sites for hydroxylation is 1. The number of nitrogens with two attached hydrogens (primary N) is 1. The SMILES string of the molecule is CCC(N)CCc1nc(SC)nc(SC(C)C)c1[N+](=O)[O-]. The average molecular weight is 330 g/mol. The van der Waals surface area contributed by atoms with Gasteiger partial charge in [-0.25, -0.2) is 9.97 Å². The van der Waals surface area contributed by atoms with Gasteiger partial charge in [-0.15, -0.1) is 0 Å². The molecule has 1 unspecified atom stereocenters. The van der Waals surface area contributed by atoms with E-state index in [1.54, 1.807) is 0 Å². The molecule has 0 bridgehead atoms. The number of aromatic nitrogens is 2. The second kappa shape index (κ2) is 8.55. The average Bonchev–Trinajstić information content (AvgIpc) is 2.42. The van der Waals surface area contributed by atoms with Crippen LogP contribution >= 0.6 is 23.5 Å². The molecule has 0 fully saturated rings. The monoisotopic (exact) mass is 330 g/mol. The molecule has 1 atom stereocenters. The topological polar surface area (TPSA) is 94.9 Å². The maximum absolute atomic E-state index is 11.4. The zero-order valence-electron chi connectivity index (χ0n) is 12.8. The predicted octanol–water partition coefficient (Wildman–Crippen LogP) is 3.28. The van der Waals surface area contributed by atoms with E-state index < -0.39 is 0 Å². The summed E-state index contributed by atoms with van der Waals surface area (Å²) in [5, 5.41) is 12.7. The van der Waals surface area contributed by atoms with E-state index in [4.69, 9.17) is 5.73 Å². The lowest BCUT2D eigenvalue weighted by Gasteiger charge is -2.11. The molecule has 21 heavy (non-hydrogen) atoms. The summed E-state index contributed by atoms with van der Waals surface area (Å²) < 4.78 is 0. The molecule has 0 aliphatic rings. The van der Waals surface area contributed by atoms with Crippen molar-refractivity contribution >= 4 is 29.2 Å². The summed E-state index contributed by atoms with van der Waals surface area (Å²) in [5.41, 5.74) is 6.44. The van der Waals surface area contributed by atoms with Crippen molar-refractivity contribution < 1.29 is 4.92 Å². The van der Waals surface area contributed by atoms with E-state index in [1.807, 2.05) is 27.0 Å². The fourth-order valence-corrected chi connectivity index (χ4v) is 3.07. The Labute approximate surface area is 133 Å². The van der Waals surface area contributed by atoms with Crippen LogP contribution in [0.4, 0.5) is 5.69 Å². The van der Waals surface area contributed by atoms with Gasteiger partial charge in [0.1, 0.15) is 5.69 Å². The summed E-state index contributed by atoms with van der Waals surface area (Å²) in [6, 6.07) is 0.0403. The van der Waals surface area contributed by atoms with E-state index >= 15 is 0 Å². The number of thioether (sulfide) groups is 2. The molecule has 118 valence electrons. The van der Waals surface area contributed by atoms with Gasteiger partial charge in [0.15, 0.2) is 10.2 Å². The van der Waals surface area contributed by atoms with Gasteiger partial charge in [-0.2, -0.15) is 0 Å². The van der Waals surface area contributed by atoms with Crippen LogP contribution in [0.5, 0.6) is 0 Å². The molecular formula is C13H22N4O2S2. The van der Waals surface area contributed by atoms with Gasteiger partial charge >= 0.3 is 5.69 Å². The molecule has 1 aromatic rings. The third-order valence-corrected chi connectivity index (χ3v) is 4.42. The molecule has 6 nitrogen and oxygen atoms in total. The predicted molar refractivity (Wildman–Crippen MR) is 88.0 cm³/mol. The maximum Gasteiger partial charge on any atom is 0.322 e. The van der Waals surface area contributed by atoms with Crippen molar-refractivity contribution in [3.8, 4) is 0 Å². The molecule has 0 spiro atoms. The van der Waals surface area contributed by atoms with Gasteiger partial charge in [0.05, 0.1) is 4.92 Å². The first-order chi connectivity index (χ1) is 9.88. The highest BCUT2D eigenvalue weighted by Crippen LogP contribution is 2.34. The van der Waals surface area contributed by atoms with E-state index in [1.165, 1.54) is 23.5 Å². The molecular weight excluding hydrogens is 308 g/mol. The van der Waals surface area contributed by atoms with Crippen LogP contribution in [-0.2, 0) is 6.42 Å². The van der Waals surface area contributed by atoms with Gasteiger partial charge < -0.3 is 5.73 Å². The summed E-state index contributed by atoms with van der Waals surface area (Å²) in [6.07, 6.45) is 3.91.